The summed E-state index contributed by atoms with van der Waals surface area (Å²) in [6.45, 7) is 2.86. The van der Waals surface area contributed by atoms with Crippen molar-refractivity contribution >= 4 is 17.7 Å². The molecule has 2 heterocycles. The molecule has 1 saturated heterocycles. The van der Waals surface area contributed by atoms with E-state index in [4.69, 9.17) is 4.74 Å². The van der Waals surface area contributed by atoms with Crippen LogP contribution in [0.1, 0.15) is 44.1 Å². The number of rotatable bonds is 9. The SMILES string of the molecule is Cn1ccnc1SCCC[N+]1(C)CCC(OC(=O)C(O)(c2ccccc2)C2CCCC2)C1. The number of aryl methyl sites for hydroxylation is 1. The number of imidazole rings is 1. The van der Waals surface area contributed by atoms with Gasteiger partial charge in [-0.25, -0.2) is 9.78 Å². The van der Waals surface area contributed by atoms with Gasteiger partial charge in [0, 0.05) is 44.0 Å². The number of aromatic nitrogens is 2. The number of carbonyl (C=O) groups excluding carboxylic acids is 1. The van der Waals surface area contributed by atoms with Crippen LogP contribution in [-0.2, 0) is 22.2 Å². The minimum absolute atomic E-state index is 0.0668. The second kappa shape index (κ2) is 9.98. The standard InChI is InChI=1S/C25H36N3O3S/c1-27-15-14-26-24(27)32-18-8-16-28(2)17-13-22(19-28)31-23(29)25(30,21-11-6-7-12-21)20-9-4-3-5-10-20/h3-5,9-10,14-15,21-22,30H,6-8,11-13,16-19H2,1-2H3/q+1. The van der Waals surface area contributed by atoms with Gasteiger partial charge in [-0.15, -0.1) is 0 Å². The van der Waals surface area contributed by atoms with Gasteiger partial charge in [-0.2, -0.15) is 0 Å². The molecule has 2 aliphatic rings. The van der Waals surface area contributed by atoms with Gasteiger partial charge in [0.1, 0.15) is 6.54 Å². The molecule has 32 heavy (non-hydrogen) atoms. The van der Waals surface area contributed by atoms with E-state index < -0.39 is 11.6 Å². The zero-order valence-corrected chi connectivity index (χ0v) is 20.1. The normalized spacial score (nSPS) is 25.7. The van der Waals surface area contributed by atoms with E-state index in [-0.39, 0.29) is 12.0 Å². The van der Waals surface area contributed by atoms with Crippen LogP contribution in [0.2, 0.25) is 0 Å². The summed E-state index contributed by atoms with van der Waals surface area (Å²) in [7, 11) is 4.27. The number of carbonyl (C=O) groups is 1. The van der Waals surface area contributed by atoms with Gasteiger partial charge < -0.3 is 18.9 Å². The zero-order chi connectivity index (χ0) is 22.6. The van der Waals surface area contributed by atoms with E-state index in [0.29, 0.717) is 5.56 Å². The van der Waals surface area contributed by atoms with Crippen LogP contribution in [0.5, 0.6) is 0 Å². The molecule has 1 aromatic heterocycles. The van der Waals surface area contributed by atoms with Crippen LogP contribution in [0.25, 0.3) is 0 Å². The van der Waals surface area contributed by atoms with E-state index >= 15 is 0 Å². The quantitative estimate of drug-likeness (QED) is 0.268. The fraction of sp³-hybridized carbons (Fsp3) is 0.600. The number of hydrogen-bond donors (Lipinski definition) is 1. The number of hydrogen-bond acceptors (Lipinski definition) is 5. The van der Waals surface area contributed by atoms with Crippen molar-refractivity contribution in [3.05, 3.63) is 48.3 Å². The van der Waals surface area contributed by atoms with E-state index in [1.165, 1.54) is 0 Å². The van der Waals surface area contributed by atoms with Crippen LogP contribution in [0.3, 0.4) is 0 Å². The first-order valence-electron chi connectivity index (χ1n) is 11.8. The van der Waals surface area contributed by atoms with Crippen molar-refractivity contribution in [3.63, 3.8) is 0 Å². The zero-order valence-electron chi connectivity index (χ0n) is 19.3. The number of benzene rings is 1. The largest absolute Gasteiger partial charge is 0.454 e. The van der Waals surface area contributed by atoms with Gasteiger partial charge in [0.15, 0.2) is 16.9 Å². The average Bonchev–Trinajstić information content (AvgIpc) is 3.54. The number of nitrogens with zero attached hydrogens (tertiary/aromatic N) is 3. The topological polar surface area (TPSA) is 64.4 Å². The first-order valence-corrected chi connectivity index (χ1v) is 12.8. The molecular formula is C25H36N3O3S+. The van der Waals surface area contributed by atoms with Gasteiger partial charge in [-0.1, -0.05) is 54.9 Å². The smallest absolute Gasteiger partial charge is 0.343 e. The number of thioether (sulfide) groups is 1. The Balaban J connectivity index is 1.33. The highest BCUT2D eigenvalue weighted by Gasteiger charge is 2.49. The molecule has 1 aromatic carbocycles. The lowest BCUT2D eigenvalue weighted by molar-refractivity contribution is -0.898. The molecule has 1 saturated carbocycles. The summed E-state index contributed by atoms with van der Waals surface area (Å²) in [6.07, 6.45) is 9.46. The van der Waals surface area contributed by atoms with Gasteiger partial charge in [-0.05, 0) is 18.4 Å². The monoisotopic (exact) mass is 458 g/mol. The maximum absolute atomic E-state index is 13.4. The molecule has 174 valence electrons. The third-order valence-electron chi connectivity index (χ3n) is 7.23. The molecular weight excluding hydrogens is 422 g/mol. The summed E-state index contributed by atoms with van der Waals surface area (Å²) in [4.78, 5) is 17.7. The Morgan fingerprint density at radius 3 is 2.72 bits per heavy atom. The highest BCUT2D eigenvalue weighted by atomic mass is 32.2. The summed E-state index contributed by atoms with van der Waals surface area (Å²) >= 11 is 1.79. The molecule has 0 spiro atoms. The van der Waals surface area contributed by atoms with Crippen molar-refractivity contribution in [3.8, 4) is 0 Å². The maximum atomic E-state index is 13.4. The molecule has 2 fully saturated rings. The number of quaternary nitrogens is 1. The molecule has 7 heteroatoms. The minimum Gasteiger partial charge on any atom is -0.454 e. The maximum Gasteiger partial charge on any atom is 0.343 e. The lowest BCUT2D eigenvalue weighted by Crippen LogP contribution is -2.47. The van der Waals surface area contributed by atoms with Gasteiger partial charge in [0.05, 0.1) is 20.1 Å². The Morgan fingerprint density at radius 1 is 1.28 bits per heavy atom. The van der Waals surface area contributed by atoms with Crippen LogP contribution in [-0.4, -0.2) is 63.6 Å². The van der Waals surface area contributed by atoms with E-state index in [1.807, 2.05) is 54.3 Å². The van der Waals surface area contributed by atoms with Crippen molar-refractivity contribution in [2.75, 3.05) is 32.4 Å². The Labute approximate surface area is 195 Å². The van der Waals surface area contributed by atoms with Crippen molar-refractivity contribution < 1.29 is 19.1 Å². The molecule has 2 aromatic rings. The van der Waals surface area contributed by atoms with Gasteiger partial charge in [-0.3, -0.25) is 0 Å². The Kier molecular flexibility index (Phi) is 7.27. The van der Waals surface area contributed by atoms with Crippen molar-refractivity contribution in [2.45, 2.75) is 55.4 Å². The lowest BCUT2D eigenvalue weighted by Gasteiger charge is -2.33. The number of likely N-dealkylation sites (tertiary alicyclic amines) is 1. The van der Waals surface area contributed by atoms with Crippen LogP contribution >= 0.6 is 11.8 Å². The third kappa shape index (κ3) is 5.05. The summed E-state index contributed by atoms with van der Waals surface area (Å²) in [6, 6.07) is 9.39. The van der Waals surface area contributed by atoms with Crippen LogP contribution < -0.4 is 0 Å². The first kappa shape index (κ1) is 23.3. The minimum atomic E-state index is -1.54. The highest BCUT2D eigenvalue weighted by molar-refractivity contribution is 7.99. The van der Waals surface area contributed by atoms with Crippen LogP contribution in [0.4, 0.5) is 0 Å². The molecule has 4 rings (SSSR count). The van der Waals surface area contributed by atoms with Gasteiger partial charge in [0.25, 0.3) is 0 Å². The van der Waals surface area contributed by atoms with E-state index in [2.05, 4.69) is 12.0 Å². The van der Waals surface area contributed by atoms with Gasteiger partial charge >= 0.3 is 5.97 Å². The second-order valence-corrected chi connectivity index (χ2v) is 10.8. The lowest BCUT2D eigenvalue weighted by atomic mass is 9.80. The van der Waals surface area contributed by atoms with E-state index in [0.717, 1.165) is 73.6 Å². The summed E-state index contributed by atoms with van der Waals surface area (Å²) in [5.41, 5.74) is -0.874. The molecule has 1 aliphatic heterocycles. The molecule has 1 aliphatic carbocycles. The molecule has 3 unspecified atom stereocenters. The molecule has 0 amide bonds. The molecule has 1 N–H and O–H groups in total. The van der Waals surface area contributed by atoms with Crippen molar-refractivity contribution in [1.29, 1.82) is 0 Å². The molecule has 0 bridgehead atoms. The van der Waals surface area contributed by atoms with E-state index in [1.54, 1.807) is 11.8 Å². The Morgan fingerprint density at radius 2 is 2.03 bits per heavy atom. The average molecular weight is 459 g/mol. The number of aliphatic hydroxyl groups is 1. The molecule has 0 radical (unpaired) electrons. The van der Waals surface area contributed by atoms with Crippen LogP contribution in [0, 0.1) is 5.92 Å². The molecule has 3 atom stereocenters. The van der Waals surface area contributed by atoms with Gasteiger partial charge in [0.2, 0.25) is 0 Å². The fourth-order valence-electron chi connectivity index (χ4n) is 5.33. The Hall–Kier alpha value is -1.83. The van der Waals surface area contributed by atoms with Crippen LogP contribution in [0.15, 0.2) is 47.9 Å². The summed E-state index contributed by atoms with van der Waals surface area (Å²) < 4.78 is 8.95. The van der Waals surface area contributed by atoms with E-state index in [9.17, 15) is 9.90 Å². The third-order valence-corrected chi connectivity index (χ3v) is 8.37. The Bertz CT molecular complexity index is 899. The summed E-state index contributed by atoms with van der Waals surface area (Å²) in [5, 5.41) is 12.7. The second-order valence-electron chi connectivity index (χ2n) is 9.70. The highest BCUT2D eigenvalue weighted by Crippen LogP contribution is 2.42. The number of likely N-dealkylation sites (N-methyl/N-ethyl adjacent to an activating group) is 1. The number of ether oxygens (including phenoxy) is 1. The first-order chi connectivity index (χ1) is 15.4. The van der Waals surface area contributed by atoms with Crippen molar-refractivity contribution in [2.24, 2.45) is 13.0 Å². The predicted molar refractivity (Wildman–Crippen MR) is 126 cm³/mol. The predicted octanol–water partition coefficient (Wildman–Crippen LogP) is 3.74. The number of esters is 1. The fourth-order valence-corrected chi connectivity index (χ4v) is 6.18. The van der Waals surface area contributed by atoms with Crippen molar-refractivity contribution in [1.82, 2.24) is 9.55 Å². The molecule has 6 nitrogen and oxygen atoms in total. The summed E-state index contributed by atoms with van der Waals surface area (Å²) in [5.74, 6) is 0.501.